The Morgan fingerprint density at radius 2 is 1.71 bits per heavy atom. The van der Waals surface area contributed by atoms with Gasteiger partial charge >= 0.3 is 5.97 Å². The minimum atomic E-state index is -0.608. The van der Waals surface area contributed by atoms with Gasteiger partial charge in [0.1, 0.15) is 12.8 Å². The molecule has 9 heteroatoms. The third-order valence-corrected chi connectivity index (χ3v) is 6.95. The minimum Gasteiger partial charge on any atom is -1.00 e. The fourth-order valence-electron chi connectivity index (χ4n) is 5.18. The smallest absolute Gasteiger partial charge is 0.333 e. The molecular weight excluding hydrogens is 468 g/mol. The first-order valence-electron chi connectivity index (χ1n) is 11.7. The molecule has 2 aromatic carbocycles. The normalized spacial score (nSPS) is 23.5. The zero-order valence-electron chi connectivity index (χ0n) is 19.3. The summed E-state index contributed by atoms with van der Waals surface area (Å²) < 4.78 is 11.6. The molecule has 6 rings (SSSR count). The van der Waals surface area contributed by atoms with Gasteiger partial charge in [0, 0.05) is 30.5 Å². The summed E-state index contributed by atoms with van der Waals surface area (Å²) in [5, 5.41) is 9.88. The number of halogens is 1. The summed E-state index contributed by atoms with van der Waals surface area (Å²) in [6.07, 6.45) is 3.10. The second kappa shape index (κ2) is 10.9. The van der Waals surface area contributed by atoms with Crippen molar-refractivity contribution < 1.29 is 35.7 Å². The van der Waals surface area contributed by atoms with Crippen LogP contribution in [0.3, 0.4) is 0 Å². The second-order valence-electron chi connectivity index (χ2n) is 9.23. The highest BCUT2D eigenvalue weighted by molar-refractivity contribution is 5.90. The van der Waals surface area contributed by atoms with E-state index in [1.54, 1.807) is 6.07 Å². The number of carbonyl (C=O) groups is 2. The van der Waals surface area contributed by atoms with Gasteiger partial charge in [-0.1, -0.05) is 53.7 Å². The maximum atomic E-state index is 13.4. The second-order valence-corrected chi connectivity index (χ2v) is 9.23. The van der Waals surface area contributed by atoms with Gasteiger partial charge in [0.25, 0.3) is 5.91 Å². The largest absolute Gasteiger partial charge is 1.00 e. The van der Waals surface area contributed by atoms with E-state index in [2.05, 4.69) is 15.8 Å². The van der Waals surface area contributed by atoms with E-state index in [0.29, 0.717) is 29.3 Å². The molecule has 3 aliphatic rings. The number of amides is 1. The summed E-state index contributed by atoms with van der Waals surface area (Å²) >= 11 is 0. The van der Waals surface area contributed by atoms with Gasteiger partial charge in [0.05, 0.1) is 13.1 Å². The number of hydrogen-bond donors (Lipinski definition) is 2. The van der Waals surface area contributed by atoms with Crippen LogP contribution in [0, 0.1) is 5.92 Å². The van der Waals surface area contributed by atoms with E-state index in [4.69, 9.17) is 9.26 Å². The van der Waals surface area contributed by atoms with Crippen LogP contribution in [0.5, 0.6) is 0 Å². The topological polar surface area (TPSA) is 93.5 Å². The van der Waals surface area contributed by atoms with Gasteiger partial charge in [0.15, 0.2) is 24.5 Å². The molecule has 4 heterocycles. The van der Waals surface area contributed by atoms with E-state index in [0.717, 1.165) is 37.2 Å². The van der Waals surface area contributed by atoms with E-state index >= 15 is 0 Å². The van der Waals surface area contributed by atoms with Crippen molar-refractivity contribution in [2.45, 2.75) is 25.0 Å². The SMILES string of the molecule is O=C(C[N+]12CCC(CC1)[C@@H](OC(=O)C(Nc1ccccc1)c1ccccc1)C2)Nc1ccon1.[Cl-]. The van der Waals surface area contributed by atoms with Crippen LogP contribution in [0.4, 0.5) is 11.5 Å². The van der Waals surface area contributed by atoms with Crippen LogP contribution in [0.2, 0.25) is 0 Å². The Balaban J connectivity index is 0.00000289. The fourth-order valence-corrected chi connectivity index (χ4v) is 5.18. The van der Waals surface area contributed by atoms with Gasteiger partial charge in [-0.2, -0.15) is 0 Å². The number of nitrogens with zero attached hydrogens (tertiary/aromatic N) is 2. The monoisotopic (exact) mass is 496 g/mol. The maximum Gasteiger partial charge on any atom is 0.333 e. The summed E-state index contributed by atoms with van der Waals surface area (Å²) in [6, 6.07) is 20.3. The molecule has 184 valence electrons. The average molecular weight is 497 g/mol. The van der Waals surface area contributed by atoms with Crippen LogP contribution in [0.1, 0.15) is 24.4 Å². The van der Waals surface area contributed by atoms with Crippen molar-refractivity contribution >= 4 is 23.4 Å². The lowest BCUT2D eigenvalue weighted by molar-refractivity contribution is -0.938. The number of aromatic nitrogens is 1. The van der Waals surface area contributed by atoms with Crippen molar-refractivity contribution in [2.24, 2.45) is 5.92 Å². The zero-order valence-corrected chi connectivity index (χ0v) is 20.1. The summed E-state index contributed by atoms with van der Waals surface area (Å²) in [6.45, 7) is 2.80. The Labute approximate surface area is 210 Å². The maximum absolute atomic E-state index is 13.4. The zero-order chi connectivity index (χ0) is 23.4. The lowest BCUT2D eigenvalue weighted by Crippen LogP contribution is -3.00. The van der Waals surface area contributed by atoms with E-state index < -0.39 is 6.04 Å². The molecule has 0 aliphatic carbocycles. The number of carbonyl (C=O) groups excluding carboxylic acids is 2. The number of para-hydroxylation sites is 1. The van der Waals surface area contributed by atoms with Gasteiger partial charge < -0.3 is 36.8 Å². The molecule has 2 N–H and O–H groups in total. The molecule has 3 fully saturated rings. The van der Waals surface area contributed by atoms with Crippen LogP contribution >= 0.6 is 0 Å². The third-order valence-electron chi connectivity index (χ3n) is 6.95. The van der Waals surface area contributed by atoms with Crippen molar-refractivity contribution in [1.29, 1.82) is 0 Å². The number of quaternary nitrogens is 1. The molecule has 0 saturated carbocycles. The highest BCUT2D eigenvalue weighted by Gasteiger charge is 2.49. The number of hydrogen-bond acceptors (Lipinski definition) is 6. The van der Waals surface area contributed by atoms with Gasteiger partial charge in [-0.15, -0.1) is 0 Å². The minimum absolute atomic E-state index is 0. The Kier molecular flexibility index (Phi) is 7.73. The molecule has 1 unspecified atom stereocenters. The molecular formula is C26H29ClN4O4. The summed E-state index contributed by atoms with van der Waals surface area (Å²) in [5.41, 5.74) is 1.71. The number of ether oxygens (including phenoxy) is 1. The number of esters is 1. The van der Waals surface area contributed by atoms with Crippen LogP contribution in [-0.4, -0.2) is 53.8 Å². The first-order chi connectivity index (χ1) is 16.6. The van der Waals surface area contributed by atoms with Crippen LogP contribution in [0.15, 0.2) is 77.5 Å². The summed E-state index contributed by atoms with van der Waals surface area (Å²) in [7, 11) is 0. The Morgan fingerprint density at radius 1 is 1.03 bits per heavy atom. The van der Waals surface area contributed by atoms with Crippen LogP contribution in [-0.2, 0) is 14.3 Å². The van der Waals surface area contributed by atoms with Crippen molar-refractivity contribution in [3.05, 3.63) is 78.6 Å². The molecule has 3 aromatic rings. The average Bonchev–Trinajstić information content (AvgIpc) is 3.37. The molecule has 8 nitrogen and oxygen atoms in total. The van der Waals surface area contributed by atoms with E-state index in [1.165, 1.54) is 6.26 Å². The fraction of sp³-hybridized carbons (Fsp3) is 0.346. The number of rotatable bonds is 8. The lowest BCUT2D eigenvalue weighted by atomic mass is 9.83. The number of piperidine rings is 3. The Morgan fingerprint density at radius 3 is 2.37 bits per heavy atom. The predicted octanol–water partition coefficient (Wildman–Crippen LogP) is 0.623. The van der Waals surface area contributed by atoms with Crippen LogP contribution < -0.4 is 23.0 Å². The van der Waals surface area contributed by atoms with E-state index in [-0.39, 0.29) is 30.4 Å². The highest BCUT2D eigenvalue weighted by Crippen LogP contribution is 2.36. The van der Waals surface area contributed by atoms with E-state index in [9.17, 15) is 9.59 Å². The van der Waals surface area contributed by atoms with Crippen LogP contribution in [0.25, 0.3) is 0 Å². The molecule has 2 bridgehead atoms. The van der Waals surface area contributed by atoms with Gasteiger partial charge in [-0.05, 0) is 17.7 Å². The van der Waals surface area contributed by atoms with Gasteiger partial charge in [-0.3, -0.25) is 4.79 Å². The number of fused-ring (bicyclic) bond motifs is 3. The lowest BCUT2D eigenvalue weighted by Gasteiger charge is -2.51. The molecule has 35 heavy (non-hydrogen) atoms. The molecule has 1 amide bonds. The van der Waals surface area contributed by atoms with Gasteiger partial charge in [-0.25, -0.2) is 4.79 Å². The van der Waals surface area contributed by atoms with E-state index in [1.807, 2.05) is 60.7 Å². The molecule has 0 spiro atoms. The molecule has 3 aliphatic heterocycles. The summed E-state index contributed by atoms with van der Waals surface area (Å²) in [4.78, 5) is 26.1. The summed E-state index contributed by atoms with van der Waals surface area (Å²) in [5.74, 6) is 0.345. The molecule has 2 atom stereocenters. The number of nitrogens with one attached hydrogen (secondary N) is 2. The molecule has 1 aromatic heterocycles. The van der Waals surface area contributed by atoms with Crippen molar-refractivity contribution in [3.63, 3.8) is 0 Å². The van der Waals surface area contributed by atoms with Crippen molar-refractivity contribution in [3.8, 4) is 0 Å². The molecule has 0 radical (unpaired) electrons. The predicted molar refractivity (Wildman–Crippen MR) is 127 cm³/mol. The first-order valence-corrected chi connectivity index (χ1v) is 11.7. The van der Waals surface area contributed by atoms with Crippen molar-refractivity contribution in [1.82, 2.24) is 5.16 Å². The van der Waals surface area contributed by atoms with Crippen molar-refractivity contribution in [2.75, 3.05) is 36.8 Å². The molecule has 3 saturated heterocycles. The Hall–Kier alpha value is -3.36. The van der Waals surface area contributed by atoms with Gasteiger partial charge in [0.2, 0.25) is 0 Å². The number of benzene rings is 2. The quantitative estimate of drug-likeness (QED) is 0.351. The third kappa shape index (κ3) is 5.83. The highest BCUT2D eigenvalue weighted by atomic mass is 35.5. The Bertz CT molecular complexity index is 1100. The first kappa shape index (κ1) is 24.8. The number of anilines is 2. The standard InChI is InChI=1S/C26H28N4O4.ClH/c31-24(28-23-13-16-33-29-23)18-30-14-11-19(12-15-30)22(17-30)34-26(32)25(20-7-3-1-4-8-20)27-21-9-5-2-6-10-21;/h1-10,13,16,19,22,25,27H,11-12,14-15,17-18H2;1H/t19?,22-,25?,30?;/m0./s1.